The lowest BCUT2D eigenvalue weighted by Crippen LogP contribution is -2.45. The van der Waals surface area contributed by atoms with Crippen LogP contribution in [0.15, 0.2) is 24.4 Å². The second kappa shape index (κ2) is 6.92. The van der Waals surface area contributed by atoms with E-state index in [9.17, 15) is 0 Å². The predicted molar refractivity (Wildman–Crippen MR) is 95.7 cm³/mol. The largest absolute Gasteiger partial charge is 0.355 e. The molecular weight excluding hydrogens is 365 g/mol. The Labute approximate surface area is 155 Å². The van der Waals surface area contributed by atoms with E-state index in [1.165, 1.54) is 0 Å². The van der Waals surface area contributed by atoms with E-state index >= 15 is 0 Å². The molecule has 0 amide bonds. The fraction of sp³-hybridized carbons (Fsp3) is 0.438. The van der Waals surface area contributed by atoms with Crippen molar-refractivity contribution in [3.05, 3.63) is 34.4 Å². The smallest absolute Gasteiger partial charge is 0.249 e. The molecule has 0 radical (unpaired) electrons. The monoisotopic (exact) mass is 381 g/mol. The third-order valence-corrected chi connectivity index (χ3v) is 5.04. The quantitative estimate of drug-likeness (QED) is 0.874. The highest BCUT2D eigenvalue weighted by Crippen LogP contribution is 2.34. The Balaban J connectivity index is 1.48. The molecule has 1 aromatic carbocycles. The summed E-state index contributed by atoms with van der Waals surface area (Å²) in [4.78, 5) is 6.67. The Hall–Kier alpha value is -1.67. The molecule has 0 aliphatic carbocycles. The lowest BCUT2D eigenvalue weighted by Gasteiger charge is -2.37. The zero-order chi connectivity index (χ0) is 17.3. The van der Waals surface area contributed by atoms with Crippen molar-refractivity contribution in [2.75, 3.05) is 36.5 Å². The van der Waals surface area contributed by atoms with Crippen LogP contribution in [0.3, 0.4) is 0 Å². The normalized spacial score (nSPS) is 19.4. The number of aromatic nitrogens is 3. The molecule has 3 heterocycles. The van der Waals surface area contributed by atoms with Crippen molar-refractivity contribution in [2.24, 2.45) is 0 Å². The molecule has 2 saturated heterocycles. The number of hydrogen-bond acceptors (Lipinski definition) is 7. The van der Waals surface area contributed by atoms with Crippen LogP contribution in [0, 0.1) is 0 Å². The van der Waals surface area contributed by atoms with E-state index in [1.54, 1.807) is 24.4 Å². The van der Waals surface area contributed by atoms with Gasteiger partial charge in [-0.2, -0.15) is 10.1 Å². The molecule has 7 nitrogen and oxygen atoms in total. The first-order valence-electron chi connectivity index (χ1n) is 8.09. The first-order chi connectivity index (χ1) is 12.2. The molecular formula is C16H17Cl2N5O2. The van der Waals surface area contributed by atoms with Crippen molar-refractivity contribution in [3.8, 4) is 0 Å². The molecule has 1 spiro atoms. The number of benzene rings is 1. The minimum absolute atomic E-state index is 0.348. The van der Waals surface area contributed by atoms with Crippen LogP contribution < -0.4 is 10.2 Å². The van der Waals surface area contributed by atoms with Crippen molar-refractivity contribution in [1.29, 1.82) is 0 Å². The molecule has 9 heteroatoms. The van der Waals surface area contributed by atoms with Crippen LogP contribution in [-0.2, 0) is 9.47 Å². The standard InChI is InChI=1S/C16H17Cl2N5O2/c17-11-2-1-3-12(18)14(11)21-15-20-13(10-19-22-15)23-6-4-16(5-7-23)24-8-9-25-16/h1-3,10H,4-9H2,(H,20,21,22). The Kier molecular flexibility index (Phi) is 4.64. The summed E-state index contributed by atoms with van der Waals surface area (Å²) in [7, 11) is 0. The molecule has 2 aliphatic rings. The van der Waals surface area contributed by atoms with Crippen LogP contribution in [0.1, 0.15) is 12.8 Å². The van der Waals surface area contributed by atoms with Crippen LogP contribution >= 0.6 is 23.2 Å². The molecule has 1 N–H and O–H groups in total. The molecule has 2 aromatic rings. The maximum atomic E-state index is 6.18. The number of nitrogens with zero attached hydrogens (tertiary/aromatic N) is 4. The van der Waals surface area contributed by atoms with Crippen molar-refractivity contribution >= 4 is 40.7 Å². The third-order valence-electron chi connectivity index (χ3n) is 4.41. The third kappa shape index (κ3) is 3.50. The number of halogens is 2. The van der Waals surface area contributed by atoms with Gasteiger partial charge < -0.3 is 19.7 Å². The predicted octanol–water partition coefficient (Wildman–Crippen LogP) is 3.27. The van der Waals surface area contributed by atoms with E-state index in [0.717, 1.165) is 31.7 Å². The van der Waals surface area contributed by atoms with Gasteiger partial charge in [-0.15, -0.1) is 5.10 Å². The summed E-state index contributed by atoms with van der Waals surface area (Å²) in [6.07, 6.45) is 3.25. The summed E-state index contributed by atoms with van der Waals surface area (Å²) < 4.78 is 11.5. The molecule has 0 saturated carbocycles. The lowest BCUT2D eigenvalue weighted by atomic mass is 10.0. The highest BCUT2D eigenvalue weighted by molar-refractivity contribution is 6.39. The van der Waals surface area contributed by atoms with Gasteiger partial charge in [-0.25, -0.2) is 0 Å². The number of ether oxygens (including phenoxy) is 2. The molecule has 0 bridgehead atoms. The number of para-hydroxylation sites is 1. The van der Waals surface area contributed by atoms with Gasteiger partial charge in [0.15, 0.2) is 11.6 Å². The Morgan fingerprint density at radius 1 is 1.08 bits per heavy atom. The van der Waals surface area contributed by atoms with Gasteiger partial charge in [0, 0.05) is 25.9 Å². The number of hydrogen-bond donors (Lipinski definition) is 1. The van der Waals surface area contributed by atoms with E-state index in [2.05, 4.69) is 25.4 Å². The van der Waals surface area contributed by atoms with Crippen molar-refractivity contribution < 1.29 is 9.47 Å². The average molecular weight is 382 g/mol. The van der Waals surface area contributed by atoms with Gasteiger partial charge in [-0.3, -0.25) is 0 Å². The van der Waals surface area contributed by atoms with Crippen LogP contribution in [0.5, 0.6) is 0 Å². The fourth-order valence-corrected chi connectivity index (χ4v) is 3.58. The molecule has 0 atom stereocenters. The summed E-state index contributed by atoms with van der Waals surface area (Å²) in [5.41, 5.74) is 0.565. The molecule has 2 fully saturated rings. The van der Waals surface area contributed by atoms with Gasteiger partial charge in [0.05, 0.1) is 35.1 Å². The summed E-state index contributed by atoms with van der Waals surface area (Å²) in [5, 5.41) is 12.1. The van der Waals surface area contributed by atoms with E-state index in [0.29, 0.717) is 34.9 Å². The van der Waals surface area contributed by atoms with Gasteiger partial charge in [-0.05, 0) is 12.1 Å². The zero-order valence-corrected chi connectivity index (χ0v) is 14.9. The molecule has 1 aromatic heterocycles. The topological polar surface area (TPSA) is 72.4 Å². The zero-order valence-electron chi connectivity index (χ0n) is 13.4. The molecule has 2 aliphatic heterocycles. The van der Waals surface area contributed by atoms with Crippen LogP contribution in [-0.4, -0.2) is 47.3 Å². The SMILES string of the molecule is Clc1cccc(Cl)c1Nc1nncc(N2CCC3(CC2)OCCO3)n1. The summed E-state index contributed by atoms with van der Waals surface area (Å²) >= 11 is 12.4. The van der Waals surface area contributed by atoms with E-state index < -0.39 is 5.79 Å². The van der Waals surface area contributed by atoms with Gasteiger partial charge in [0.25, 0.3) is 0 Å². The Bertz CT molecular complexity index is 740. The second-order valence-electron chi connectivity index (χ2n) is 5.95. The van der Waals surface area contributed by atoms with Gasteiger partial charge in [0.1, 0.15) is 0 Å². The van der Waals surface area contributed by atoms with Gasteiger partial charge in [0.2, 0.25) is 5.95 Å². The molecule has 0 unspecified atom stereocenters. The lowest BCUT2D eigenvalue weighted by molar-refractivity contribution is -0.169. The van der Waals surface area contributed by atoms with Crippen molar-refractivity contribution in [2.45, 2.75) is 18.6 Å². The van der Waals surface area contributed by atoms with E-state index in [-0.39, 0.29) is 0 Å². The van der Waals surface area contributed by atoms with Gasteiger partial charge >= 0.3 is 0 Å². The van der Waals surface area contributed by atoms with E-state index in [4.69, 9.17) is 32.7 Å². The molecule has 4 rings (SSSR count). The summed E-state index contributed by atoms with van der Waals surface area (Å²) in [6, 6.07) is 5.28. The number of piperidine rings is 1. The van der Waals surface area contributed by atoms with Crippen LogP contribution in [0.4, 0.5) is 17.5 Å². The minimum Gasteiger partial charge on any atom is -0.355 e. The van der Waals surface area contributed by atoms with Crippen LogP contribution in [0.25, 0.3) is 0 Å². The van der Waals surface area contributed by atoms with Crippen molar-refractivity contribution in [3.63, 3.8) is 0 Å². The summed E-state index contributed by atoms with van der Waals surface area (Å²) in [6.45, 7) is 2.90. The molecule has 25 heavy (non-hydrogen) atoms. The Morgan fingerprint density at radius 3 is 2.44 bits per heavy atom. The van der Waals surface area contributed by atoms with Crippen LogP contribution in [0.2, 0.25) is 10.0 Å². The maximum absolute atomic E-state index is 6.18. The van der Waals surface area contributed by atoms with Crippen molar-refractivity contribution in [1.82, 2.24) is 15.2 Å². The number of nitrogens with one attached hydrogen (secondary N) is 1. The minimum atomic E-state index is -0.414. The average Bonchev–Trinajstić information content (AvgIpc) is 3.07. The first kappa shape index (κ1) is 16.8. The summed E-state index contributed by atoms with van der Waals surface area (Å²) in [5.74, 6) is 0.679. The fourth-order valence-electron chi connectivity index (χ4n) is 3.09. The molecule has 132 valence electrons. The van der Waals surface area contributed by atoms with Gasteiger partial charge in [-0.1, -0.05) is 29.3 Å². The second-order valence-corrected chi connectivity index (χ2v) is 6.77. The van der Waals surface area contributed by atoms with E-state index in [1.807, 2.05) is 0 Å². The number of rotatable bonds is 3. The maximum Gasteiger partial charge on any atom is 0.249 e. The highest BCUT2D eigenvalue weighted by atomic mass is 35.5. The Morgan fingerprint density at radius 2 is 1.76 bits per heavy atom. The number of anilines is 3. The highest BCUT2D eigenvalue weighted by Gasteiger charge is 2.40. The first-order valence-corrected chi connectivity index (χ1v) is 8.84.